The second-order valence-electron chi connectivity index (χ2n) is 6.40. The van der Waals surface area contributed by atoms with E-state index in [-0.39, 0.29) is 33.5 Å². The van der Waals surface area contributed by atoms with Crippen molar-refractivity contribution in [2.24, 2.45) is 0 Å². The van der Waals surface area contributed by atoms with Crippen LogP contribution in [0.4, 0.5) is 11.4 Å². The van der Waals surface area contributed by atoms with Crippen LogP contribution < -0.4 is 4.18 Å². The highest BCUT2D eigenvalue weighted by Gasteiger charge is 2.19. The first-order valence-electron chi connectivity index (χ1n) is 8.90. The van der Waals surface area contributed by atoms with Crippen LogP contribution in [-0.2, 0) is 31.0 Å². The fraction of sp³-hybridized carbons (Fsp3) is 0.0526. The third-order valence-corrected chi connectivity index (χ3v) is 6.72. The molecule has 0 saturated heterocycles. The van der Waals surface area contributed by atoms with Gasteiger partial charge in [0.1, 0.15) is 10.6 Å². The summed E-state index contributed by atoms with van der Waals surface area (Å²) in [4.78, 5) is 19.5. The predicted molar refractivity (Wildman–Crippen MR) is 112 cm³/mol. The summed E-state index contributed by atoms with van der Waals surface area (Å²) >= 11 is 0. The van der Waals surface area contributed by atoms with Gasteiger partial charge in [0, 0.05) is 24.3 Å². The number of nitro benzene ring substituents is 2. The molecule has 0 amide bonds. The minimum Gasteiger partial charge on any atom is -0.379 e. The molecular weight excluding hydrogens is 480 g/mol. The molecule has 0 radical (unpaired) electrons. The molecule has 3 aromatic carbocycles. The maximum atomic E-state index is 12.3. The summed E-state index contributed by atoms with van der Waals surface area (Å²) in [5.41, 5.74) is -0.171. The van der Waals surface area contributed by atoms with Crippen molar-refractivity contribution in [1.82, 2.24) is 0 Å². The molecule has 0 aliphatic heterocycles. The van der Waals surface area contributed by atoms with Crippen molar-refractivity contribution in [3.63, 3.8) is 0 Å². The van der Waals surface area contributed by atoms with Gasteiger partial charge in [-0.15, -0.1) is 0 Å². The van der Waals surface area contributed by atoms with Crippen LogP contribution in [0.5, 0.6) is 5.75 Å². The molecule has 0 fully saturated rings. The Hall–Kier alpha value is -3.88. The largest absolute Gasteiger partial charge is 0.379 e. The molecule has 14 heteroatoms. The van der Waals surface area contributed by atoms with Crippen LogP contribution in [0.1, 0.15) is 5.56 Å². The van der Waals surface area contributed by atoms with E-state index in [1.54, 1.807) is 0 Å². The van der Waals surface area contributed by atoms with Gasteiger partial charge in [0.15, 0.2) is 0 Å². The second kappa shape index (κ2) is 9.32. The molecular formula is C19H14N2O10S2. The highest BCUT2D eigenvalue weighted by atomic mass is 32.2. The maximum absolute atomic E-state index is 12.3. The van der Waals surface area contributed by atoms with E-state index in [4.69, 9.17) is 8.37 Å². The summed E-state index contributed by atoms with van der Waals surface area (Å²) < 4.78 is 59.0. The van der Waals surface area contributed by atoms with Gasteiger partial charge in [0.25, 0.3) is 21.5 Å². The fourth-order valence-corrected chi connectivity index (χ4v) is 4.33. The Morgan fingerprint density at radius 1 is 0.636 bits per heavy atom. The van der Waals surface area contributed by atoms with E-state index in [9.17, 15) is 37.1 Å². The molecule has 3 rings (SSSR count). The molecule has 0 saturated carbocycles. The van der Waals surface area contributed by atoms with Crippen LogP contribution in [0, 0.1) is 20.2 Å². The molecule has 0 bridgehead atoms. The molecule has 12 nitrogen and oxygen atoms in total. The molecule has 0 unspecified atom stereocenters. The van der Waals surface area contributed by atoms with E-state index in [0.717, 1.165) is 48.5 Å². The van der Waals surface area contributed by atoms with Gasteiger partial charge in [-0.2, -0.15) is 16.8 Å². The zero-order valence-electron chi connectivity index (χ0n) is 16.4. The SMILES string of the molecule is O=[N+]([O-])c1ccc(S(=O)(=O)OCc2ccc(OS(=O)(=O)c3ccc([N+](=O)[O-])cc3)cc2)cc1. The van der Waals surface area contributed by atoms with Crippen LogP contribution in [0.15, 0.2) is 82.6 Å². The Morgan fingerprint density at radius 2 is 1.06 bits per heavy atom. The molecule has 0 aliphatic carbocycles. The van der Waals surface area contributed by atoms with E-state index in [1.165, 1.54) is 24.3 Å². The summed E-state index contributed by atoms with van der Waals surface area (Å²) in [5, 5.41) is 21.3. The first-order chi connectivity index (χ1) is 15.5. The first-order valence-corrected chi connectivity index (χ1v) is 11.7. The highest BCUT2D eigenvalue weighted by molar-refractivity contribution is 7.87. The van der Waals surface area contributed by atoms with Crippen molar-refractivity contribution in [2.45, 2.75) is 16.4 Å². The maximum Gasteiger partial charge on any atom is 0.339 e. The third kappa shape index (κ3) is 5.88. The first kappa shape index (κ1) is 23.8. The molecule has 0 spiro atoms. The summed E-state index contributed by atoms with van der Waals surface area (Å²) in [7, 11) is -8.43. The predicted octanol–water partition coefficient (Wildman–Crippen LogP) is 3.18. The number of nitro groups is 2. The van der Waals surface area contributed by atoms with Gasteiger partial charge >= 0.3 is 10.1 Å². The zero-order valence-corrected chi connectivity index (χ0v) is 18.1. The third-order valence-electron chi connectivity index (χ3n) is 4.18. The van der Waals surface area contributed by atoms with E-state index < -0.39 is 30.1 Å². The standard InChI is InChI=1S/C19H14N2O10S2/c22-20(23)15-3-9-18(10-4-15)32(26,27)30-13-14-1-7-17(8-2-14)31-33(28,29)19-11-5-16(6-12-19)21(24)25/h1-12H,13H2. The Labute approximate surface area is 187 Å². The minimum absolute atomic E-state index is 0.0738. The summed E-state index contributed by atoms with van der Waals surface area (Å²) in [6.07, 6.45) is 0. The number of nitrogens with zero attached hydrogens (tertiary/aromatic N) is 2. The van der Waals surface area contributed by atoms with Crippen LogP contribution >= 0.6 is 0 Å². The number of hydrogen-bond donors (Lipinski definition) is 0. The number of benzene rings is 3. The van der Waals surface area contributed by atoms with Gasteiger partial charge in [-0.1, -0.05) is 12.1 Å². The van der Waals surface area contributed by atoms with Gasteiger partial charge in [-0.05, 0) is 42.0 Å². The summed E-state index contributed by atoms with van der Waals surface area (Å²) in [6, 6.07) is 13.6. The average Bonchev–Trinajstić information content (AvgIpc) is 2.78. The molecule has 0 N–H and O–H groups in total. The normalized spacial score (nSPS) is 11.6. The fourth-order valence-electron chi connectivity index (χ4n) is 2.50. The molecule has 33 heavy (non-hydrogen) atoms. The molecule has 3 aromatic rings. The quantitative estimate of drug-likeness (QED) is 0.244. The van der Waals surface area contributed by atoms with Crippen molar-refractivity contribution in [1.29, 1.82) is 0 Å². The monoisotopic (exact) mass is 494 g/mol. The van der Waals surface area contributed by atoms with E-state index in [1.807, 2.05) is 0 Å². The molecule has 0 aliphatic rings. The van der Waals surface area contributed by atoms with Crippen LogP contribution in [0.2, 0.25) is 0 Å². The van der Waals surface area contributed by atoms with E-state index in [2.05, 4.69) is 0 Å². The van der Waals surface area contributed by atoms with Gasteiger partial charge in [-0.3, -0.25) is 24.4 Å². The zero-order chi connectivity index (χ0) is 24.2. The number of rotatable bonds is 9. The van der Waals surface area contributed by atoms with Crippen molar-refractivity contribution in [2.75, 3.05) is 0 Å². The van der Waals surface area contributed by atoms with Crippen LogP contribution in [-0.4, -0.2) is 26.7 Å². The lowest BCUT2D eigenvalue weighted by Crippen LogP contribution is -2.10. The topological polar surface area (TPSA) is 173 Å². The lowest BCUT2D eigenvalue weighted by atomic mass is 10.2. The van der Waals surface area contributed by atoms with Crippen molar-refractivity contribution >= 4 is 31.6 Å². The van der Waals surface area contributed by atoms with Crippen molar-refractivity contribution in [3.05, 3.63) is 98.6 Å². The number of hydrogen-bond acceptors (Lipinski definition) is 10. The Balaban J connectivity index is 1.65. The van der Waals surface area contributed by atoms with Gasteiger partial charge in [0.05, 0.1) is 21.3 Å². The van der Waals surface area contributed by atoms with Gasteiger partial charge in [0.2, 0.25) is 0 Å². The average molecular weight is 494 g/mol. The molecule has 0 atom stereocenters. The minimum atomic E-state index is -4.25. The lowest BCUT2D eigenvalue weighted by molar-refractivity contribution is -0.385. The van der Waals surface area contributed by atoms with E-state index >= 15 is 0 Å². The van der Waals surface area contributed by atoms with Gasteiger partial charge in [-0.25, -0.2) is 0 Å². The van der Waals surface area contributed by atoms with E-state index in [0.29, 0.717) is 5.56 Å². The molecule has 0 heterocycles. The van der Waals surface area contributed by atoms with Crippen molar-refractivity contribution < 1.29 is 35.0 Å². The lowest BCUT2D eigenvalue weighted by Gasteiger charge is -2.09. The Morgan fingerprint density at radius 3 is 1.48 bits per heavy atom. The summed E-state index contributed by atoms with van der Waals surface area (Å²) in [6.45, 7) is -0.380. The molecule has 0 aromatic heterocycles. The van der Waals surface area contributed by atoms with Gasteiger partial charge < -0.3 is 4.18 Å². The summed E-state index contributed by atoms with van der Waals surface area (Å²) in [5.74, 6) is -0.0738. The second-order valence-corrected chi connectivity index (χ2v) is 9.56. The highest BCUT2D eigenvalue weighted by Crippen LogP contribution is 2.23. The van der Waals surface area contributed by atoms with Crippen LogP contribution in [0.3, 0.4) is 0 Å². The van der Waals surface area contributed by atoms with Crippen LogP contribution in [0.25, 0.3) is 0 Å². The molecule has 172 valence electrons. The Bertz CT molecular complexity index is 1380. The van der Waals surface area contributed by atoms with Crippen molar-refractivity contribution in [3.8, 4) is 5.75 Å². The number of non-ortho nitro benzene ring substituents is 2. The Kier molecular flexibility index (Phi) is 6.71. The smallest absolute Gasteiger partial charge is 0.339 e.